The predicted octanol–water partition coefficient (Wildman–Crippen LogP) is 5.50. The molecule has 0 spiro atoms. The minimum Gasteiger partial charge on any atom is -0.343 e. The summed E-state index contributed by atoms with van der Waals surface area (Å²) in [5.41, 5.74) is 1.94. The average Bonchev–Trinajstić information content (AvgIpc) is 3.61. The molecule has 2 aliphatic rings. The first-order valence-corrected chi connectivity index (χ1v) is 29.0. The van der Waals surface area contributed by atoms with Crippen LogP contribution >= 0.6 is 0 Å². The molecule has 2 saturated heterocycles. The maximum absolute atomic E-state index is 14.7. The average molecular weight is 1130 g/mol. The molecule has 8 amide bonds. The molecular weight excluding hydrogens is 1040 g/mol. The summed E-state index contributed by atoms with van der Waals surface area (Å²) in [4.78, 5) is 120. The molecule has 0 aliphatic carbocycles. The second kappa shape index (κ2) is 29.5. The zero-order chi connectivity index (χ0) is 59.7. The highest BCUT2D eigenvalue weighted by atomic mass is 16.2. The van der Waals surface area contributed by atoms with Crippen molar-refractivity contribution in [2.24, 2.45) is 10.8 Å². The van der Waals surface area contributed by atoms with Crippen molar-refractivity contribution < 1.29 is 38.4 Å². The maximum Gasteiger partial charge on any atom is 0.246 e. The van der Waals surface area contributed by atoms with E-state index < -0.39 is 82.8 Å². The lowest BCUT2D eigenvalue weighted by molar-refractivity contribution is -0.152. The van der Waals surface area contributed by atoms with Crippen LogP contribution in [0.25, 0.3) is 0 Å². The van der Waals surface area contributed by atoms with Gasteiger partial charge in [0.15, 0.2) is 0 Å². The largest absolute Gasteiger partial charge is 0.343 e. The minimum atomic E-state index is -1.07. The van der Waals surface area contributed by atoms with Crippen molar-refractivity contribution >= 4 is 47.3 Å². The van der Waals surface area contributed by atoms with Crippen LogP contribution in [0.3, 0.4) is 0 Å². The Hall–Kier alpha value is -7.44. The lowest BCUT2D eigenvalue weighted by Crippen LogP contribution is -2.66. The van der Waals surface area contributed by atoms with Crippen LogP contribution in [0, 0.1) is 10.8 Å². The number of nitrogens with one attached hydrogen (secondary N) is 6. The van der Waals surface area contributed by atoms with Crippen LogP contribution in [0.2, 0.25) is 0 Å². The molecule has 6 N–H and O–H groups in total. The maximum atomic E-state index is 14.7. The number of benzene rings is 4. The van der Waals surface area contributed by atoms with Gasteiger partial charge in [0.05, 0.1) is 37.3 Å². The Morgan fingerprint density at radius 3 is 1.00 bits per heavy atom. The van der Waals surface area contributed by atoms with Crippen LogP contribution in [0.4, 0.5) is 0 Å². The Labute approximate surface area is 485 Å². The van der Waals surface area contributed by atoms with E-state index >= 15 is 0 Å². The lowest BCUT2D eigenvalue weighted by atomic mass is 9.85. The molecule has 2 aliphatic heterocycles. The molecule has 4 aromatic carbocycles. The van der Waals surface area contributed by atoms with Crippen LogP contribution in [-0.2, 0) is 38.4 Å². The van der Waals surface area contributed by atoms with Gasteiger partial charge in [-0.3, -0.25) is 38.4 Å². The number of hydrogen-bond donors (Lipinski definition) is 6. The molecule has 2 fully saturated rings. The number of carbonyl (C=O) groups is 8. The van der Waals surface area contributed by atoms with E-state index in [0.29, 0.717) is 25.7 Å². The minimum absolute atomic E-state index is 0.0446. The summed E-state index contributed by atoms with van der Waals surface area (Å²) in [6.07, 6.45) is 2.74. The number of carbonyl (C=O) groups excluding carboxylic acids is 8. The van der Waals surface area contributed by atoms with E-state index in [9.17, 15) is 38.4 Å². The Kier molecular flexibility index (Phi) is 22.9. The molecule has 2 heterocycles. The Morgan fingerprint density at radius 1 is 0.439 bits per heavy atom. The normalized spacial score (nSPS) is 17.3. The molecule has 82 heavy (non-hydrogen) atoms. The fourth-order valence-corrected chi connectivity index (χ4v) is 10.4. The van der Waals surface area contributed by atoms with E-state index in [1.807, 2.05) is 163 Å². The standard InChI is InChI=1S/C64H88N10O8/c1-43(65-9)57(77)69-55(63(3,4)5)61(81)73-39-37-71(41-49(73)59(79)67-53(45-27-17-13-18-28-45)46-29-19-14-20-30-46)51(75)35-25-11-12-26-36-52(76)72-38-40-74(62(82)56(64(6,7)8)70-58(78)44(2)66-10)50(42-72)60(80)68-54(47-31-21-15-22-32-47)48-33-23-16-24-34-48/h13-24,27-34,43-44,49-50,53-56,65-66H,11-12,25-26,35-42H2,1-10H3,(H,67,79)(H,68,80)(H,69,77)(H,70,78)/t43-,44-,49-,50-,55+,56+/m0/s1. The van der Waals surface area contributed by atoms with E-state index in [0.717, 1.165) is 22.3 Å². The van der Waals surface area contributed by atoms with Crippen LogP contribution in [0.15, 0.2) is 121 Å². The number of unbranched alkanes of at least 4 members (excludes halogenated alkanes) is 3. The van der Waals surface area contributed by atoms with Crippen molar-refractivity contribution in [2.75, 3.05) is 53.4 Å². The highest BCUT2D eigenvalue weighted by molar-refractivity contribution is 5.96. The first-order valence-electron chi connectivity index (χ1n) is 29.0. The van der Waals surface area contributed by atoms with Gasteiger partial charge in [-0.25, -0.2) is 0 Å². The van der Waals surface area contributed by atoms with Gasteiger partial charge in [0.1, 0.15) is 24.2 Å². The van der Waals surface area contributed by atoms with Crippen molar-refractivity contribution in [3.63, 3.8) is 0 Å². The summed E-state index contributed by atoms with van der Waals surface area (Å²) in [6, 6.07) is 31.9. The van der Waals surface area contributed by atoms with Gasteiger partial charge < -0.3 is 51.5 Å². The Bertz CT molecular complexity index is 2510. The summed E-state index contributed by atoms with van der Waals surface area (Å²) in [5, 5.41) is 18.1. The lowest BCUT2D eigenvalue weighted by Gasteiger charge is -2.44. The van der Waals surface area contributed by atoms with Gasteiger partial charge >= 0.3 is 0 Å². The Morgan fingerprint density at radius 2 is 0.732 bits per heavy atom. The molecule has 442 valence electrons. The molecular formula is C64H88N10O8. The van der Waals surface area contributed by atoms with E-state index in [2.05, 4.69) is 31.9 Å². The summed E-state index contributed by atoms with van der Waals surface area (Å²) < 4.78 is 0. The van der Waals surface area contributed by atoms with Crippen LogP contribution < -0.4 is 31.9 Å². The third-order valence-corrected chi connectivity index (χ3v) is 15.7. The number of likely N-dealkylation sites (N-methyl/N-ethyl adjacent to an activating group) is 2. The van der Waals surface area contributed by atoms with E-state index in [-0.39, 0.29) is 75.7 Å². The molecule has 0 aromatic heterocycles. The summed E-state index contributed by atoms with van der Waals surface area (Å²) in [6.45, 7) is 15.0. The third kappa shape index (κ3) is 17.1. The molecule has 0 bridgehead atoms. The quantitative estimate of drug-likeness (QED) is 0.0513. The number of nitrogens with zero attached hydrogens (tertiary/aromatic N) is 4. The monoisotopic (exact) mass is 1120 g/mol. The zero-order valence-electron chi connectivity index (χ0n) is 49.7. The summed E-state index contributed by atoms with van der Waals surface area (Å²) >= 11 is 0. The number of piperazine rings is 2. The van der Waals surface area contributed by atoms with E-state index in [1.165, 1.54) is 9.80 Å². The SMILES string of the molecule is CN[C@@H](C)C(=O)N[C@H](C(=O)N1CCN(C(=O)CCCCCCC(=O)N2CCN(C(=O)[C@@H](NC(=O)[C@H](C)NC)C(C)(C)C)[C@H](C(=O)NC(c3ccccc3)c3ccccc3)C2)C[C@H]1C(=O)NC(c1ccccc1)c1ccccc1)C(C)(C)C. The fourth-order valence-electron chi connectivity index (χ4n) is 10.4. The van der Waals surface area contributed by atoms with Crippen molar-refractivity contribution in [3.8, 4) is 0 Å². The van der Waals surface area contributed by atoms with Gasteiger partial charge in [-0.15, -0.1) is 0 Å². The fraction of sp³-hybridized carbons (Fsp3) is 0.500. The van der Waals surface area contributed by atoms with Crippen LogP contribution in [0.1, 0.15) is 128 Å². The second-order valence-electron chi connectivity index (χ2n) is 23.9. The first-order chi connectivity index (χ1) is 39.0. The second-order valence-corrected chi connectivity index (χ2v) is 23.9. The molecule has 6 atom stereocenters. The van der Waals surface area contributed by atoms with Crippen molar-refractivity contribution in [2.45, 2.75) is 142 Å². The highest BCUT2D eigenvalue weighted by Crippen LogP contribution is 2.29. The van der Waals surface area contributed by atoms with E-state index in [1.54, 1.807) is 37.7 Å². The Balaban J connectivity index is 1.11. The molecule has 0 saturated carbocycles. The molecule has 0 radical (unpaired) electrons. The van der Waals surface area contributed by atoms with Gasteiger partial charge in [-0.1, -0.05) is 176 Å². The number of amides is 8. The predicted molar refractivity (Wildman–Crippen MR) is 317 cm³/mol. The van der Waals surface area contributed by atoms with Crippen LogP contribution in [-0.4, -0.2) is 156 Å². The topological polar surface area (TPSA) is 222 Å². The number of rotatable bonds is 23. The van der Waals surface area contributed by atoms with Gasteiger partial charge in [0.25, 0.3) is 0 Å². The molecule has 18 nitrogen and oxygen atoms in total. The van der Waals surface area contributed by atoms with Gasteiger partial charge in [0, 0.05) is 39.0 Å². The highest BCUT2D eigenvalue weighted by Gasteiger charge is 2.46. The molecule has 18 heteroatoms. The smallest absolute Gasteiger partial charge is 0.246 e. The van der Waals surface area contributed by atoms with Crippen LogP contribution in [0.5, 0.6) is 0 Å². The van der Waals surface area contributed by atoms with Gasteiger partial charge in [0.2, 0.25) is 47.3 Å². The molecule has 0 unspecified atom stereocenters. The zero-order valence-corrected chi connectivity index (χ0v) is 49.7. The number of hydrogen-bond acceptors (Lipinski definition) is 10. The molecule has 6 rings (SSSR count). The van der Waals surface area contributed by atoms with E-state index in [4.69, 9.17) is 0 Å². The summed E-state index contributed by atoms with van der Waals surface area (Å²) in [7, 11) is 3.33. The van der Waals surface area contributed by atoms with Gasteiger partial charge in [-0.2, -0.15) is 0 Å². The van der Waals surface area contributed by atoms with Crippen molar-refractivity contribution in [1.29, 1.82) is 0 Å². The third-order valence-electron chi connectivity index (χ3n) is 15.7. The van der Waals surface area contributed by atoms with Gasteiger partial charge in [-0.05, 0) is 73.9 Å². The first kappa shape index (κ1) is 63.7. The van der Waals surface area contributed by atoms with Crippen molar-refractivity contribution in [1.82, 2.24) is 51.5 Å². The van der Waals surface area contributed by atoms with Crippen molar-refractivity contribution in [3.05, 3.63) is 144 Å². The molecule has 4 aromatic rings. The summed E-state index contributed by atoms with van der Waals surface area (Å²) in [5.74, 6) is -2.71.